The summed E-state index contributed by atoms with van der Waals surface area (Å²) in [5.74, 6) is 2.07. The van der Waals surface area contributed by atoms with E-state index in [1.165, 1.54) is 16.9 Å². The molecular weight excluding hydrogens is 522 g/mol. The number of morpholine rings is 1. The number of hydrogen-bond acceptors (Lipinski definition) is 7. The number of nitrogens with zero attached hydrogens (tertiary/aromatic N) is 5. The zero-order valence-corrected chi connectivity index (χ0v) is 24.5. The summed E-state index contributed by atoms with van der Waals surface area (Å²) in [6, 6.07) is 12.0. The number of ether oxygens (including phenoxy) is 1. The van der Waals surface area contributed by atoms with Crippen LogP contribution in [0.3, 0.4) is 0 Å². The number of thiazole rings is 1. The first-order valence-electron chi connectivity index (χ1n) is 14.1. The molecule has 8 nitrogen and oxygen atoms in total. The van der Waals surface area contributed by atoms with Gasteiger partial charge >= 0.3 is 0 Å². The van der Waals surface area contributed by atoms with Crippen molar-refractivity contribution < 1.29 is 14.3 Å². The number of hydrogen-bond donors (Lipinski definition) is 0. The summed E-state index contributed by atoms with van der Waals surface area (Å²) in [6.07, 6.45) is 1.80. The van der Waals surface area contributed by atoms with Crippen LogP contribution in [0.15, 0.2) is 48.0 Å². The quantitative estimate of drug-likeness (QED) is 0.438. The van der Waals surface area contributed by atoms with E-state index >= 15 is 0 Å². The highest BCUT2D eigenvalue weighted by Gasteiger charge is 2.57. The molecule has 210 valence electrons. The lowest BCUT2D eigenvalue weighted by molar-refractivity contribution is 0.0766. The fraction of sp³-hybridized carbons (Fsp3) is 0.484. The van der Waals surface area contributed by atoms with E-state index in [0.717, 1.165) is 48.3 Å². The first-order chi connectivity index (χ1) is 19.2. The Labute approximate surface area is 240 Å². The third-order valence-electron chi connectivity index (χ3n) is 8.51. The van der Waals surface area contributed by atoms with Gasteiger partial charge in [-0.3, -0.25) is 9.59 Å². The van der Waals surface area contributed by atoms with Crippen molar-refractivity contribution in [2.45, 2.75) is 33.1 Å². The molecule has 9 heteroatoms. The molecule has 40 heavy (non-hydrogen) atoms. The molecule has 0 N–H and O–H groups in total. The number of benzene rings is 1. The lowest BCUT2D eigenvalue weighted by Crippen LogP contribution is -2.38. The molecule has 2 saturated heterocycles. The third kappa shape index (κ3) is 5.37. The molecule has 2 aromatic heterocycles. The maximum Gasteiger partial charge on any atom is 0.277 e. The van der Waals surface area contributed by atoms with E-state index in [2.05, 4.69) is 42.8 Å². The van der Waals surface area contributed by atoms with Crippen LogP contribution >= 0.6 is 11.3 Å². The molecule has 1 saturated carbocycles. The van der Waals surface area contributed by atoms with Gasteiger partial charge < -0.3 is 19.4 Å². The van der Waals surface area contributed by atoms with Gasteiger partial charge in [-0.2, -0.15) is 0 Å². The molecule has 3 aliphatic rings. The van der Waals surface area contributed by atoms with Gasteiger partial charge in [0, 0.05) is 43.7 Å². The van der Waals surface area contributed by atoms with Crippen molar-refractivity contribution in [2.24, 2.45) is 17.8 Å². The maximum atomic E-state index is 13.6. The Balaban J connectivity index is 1.14. The summed E-state index contributed by atoms with van der Waals surface area (Å²) in [5.41, 5.74) is 3.28. The largest absolute Gasteiger partial charge is 0.378 e. The van der Waals surface area contributed by atoms with Gasteiger partial charge in [-0.1, -0.05) is 32.9 Å². The number of piperidine rings is 1. The summed E-state index contributed by atoms with van der Waals surface area (Å²) in [7, 11) is 0. The predicted octanol–water partition coefficient (Wildman–Crippen LogP) is 4.65. The average molecular weight is 560 g/mol. The Morgan fingerprint density at radius 2 is 1.75 bits per heavy atom. The lowest BCUT2D eigenvalue weighted by Gasteiger charge is -2.29. The number of aromatic nitrogens is 2. The van der Waals surface area contributed by atoms with Gasteiger partial charge in [0.15, 0.2) is 0 Å². The van der Waals surface area contributed by atoms with Crippen LogP contribution in [0, 0.1) is 24.7 Å². The standard InChI is InChI=1S/C31H37N5O3S/c1-20-33-27(19-40-20)30(38)36(23-9-10-28(32-15-23)34-11-13-39-14-12-34)18-26-24-16-35(17-25(24)26)29(37)21-5-7-22(8-6-21)31(2,3)4/h5-10,15,19,24-26H,11-14,16-18H2,1-4H3. The first-order valence-corrected chi connectivity index (χ1v) is 15.0. The lowest BCUT2D eigenvalue weighted by atomic mass is 9.86. The first kappa shape index (κ1) is 26.9. The molecule has 3 fully saturated rings. The summed E-state index contributed by atoms with van der Waals surface area (Å²) in [5, 5.41) is 2.70. The van der Waals surface area contributed by atoms with E-state index in [-0.39, 0.29) is 17.2 Å². The number of fused-ring (bicyclic) bond motifs is 1. The predicted molar refractivity (Wildman–Crippen MR) is 157 cm³/mol. The van der Waals surface area contributed by atoms with Crippen molar-refractivity contribution in [3.8, 4) is 0 Å². The third-order valence-corrected chi connectivity index (χ3v) is 9.29. The molecule has 4 heterocycles. The molecule has 3 aromatic rings. The van der Waals surface area contributed by atoms with E-state index in [9.17, 15) is 9.59 Å². The normalized spacial score (nSPS) is 22.2. The molecule has 0 spiro atoms. The Bertz CT molecular complexity index is 1360. The minimum atomic E-state index is -0.0953. The van der Waals surface area contributed by atoms with Crippen molar-refractivity contribution >= 4 is 34.7 Å². The summed E-state index contributed by atoms with van der Waals surface area (Å²) < 4.78 is 5.46. The van der Waals surface area contributed by atoms with Crippen LogP contribution in [0.1, 0.15) is 52.2 Å². The van der Waals surface area contributed by atoms with Crippen LogP contribution in [0.25, 0.3) is 0 Å². The smallest absolute Gasteiger partial charge is 0.277 e. The van der Waals surface area contributed by atoms with Gasteiger partial charge in [0.05, 0.1) is 30.1 Å². The van der Waals surface area contributed by atoms with Gasteiger partial charge in [-0.25, -0.2) is 9.97 Å². The van der Waals surface area contributed by atoms with Crippen LogP contribution in [-0.2, 0) is 10.2 Å². The highest BCUT2D eigenvalue weighted by Crippen LogP contribution is 2.52. The van der Waals surface area contributed by atoms with Crippen molar-refractivity contribution in [3.63, 3.8) is 0 Å². The highest BCUT2D eigenvalue weighted by atomic mass is 32.1. The van der Waals surface area contributed by atoms with Crippen molar-refractivity contribution in [1.29, 1.82) is 0 Å². The molecule has 1 aliphatic carbocycles. The molecule has 2 unspecified atom stereocenters. The zero-order valence-electron chi connectivity index (χ0n) is 23.7. The second kappa shape index (κ2) is 10.6. The van der Waals surface area contributed by atoms with Gasteiger partial charge in [-0.15, -0.1) is 11.3 Å². The van der Waals surface area contributed by atoms with Crippen LogP contribution in [-0.4, -0.2) is 72.6 Å². The van der Waals surface area contributed by atoms with E-state index in [1.54, 1.807) is 6.20 Å². The van der Waals surface area contributed by atoms with Crippen molar-refractivity contribution in [1.82, 2.24) is 14.9 Å². The van der Waals surface area contributed by atoms with Crippen LogP contribution < -0.4 is 9.80 Å². The number of pyridine rings is 1. The Hall–Kier alpha value is -3.30. The molecule has 0 bridgehead atoms. The van der Waals surface area contributed by atoms with Gasteiger partial charge in [0.25, 0.3) is 11.8 Å². The molecule has 0 radical (unpaired) electrons. The SMILES string of the molecule is Cc1nc(C(=O)N(CC2C3CN(C(=O)c4ccc(C(C)(C)C)cc4)CC32)c2ccc(N3CCOCC3)nc2)cs1. The summed E-state index contributed by atoms with van der Waals surface area (Å²) >= 11 is 1.48. The molecule has 2 amide bonds. The minimum Gasteiger partial charge on any atom is -0.378 e. The van der Waals surface area contributed by atoms with E-state index < -0.39 is 0 Å². The molecule has 6 rings (SSSR count). The van der Waals surface area contributed by atoms with Gasteiger partial charge in [0.1, 0.15) is 11.5 Å². The molecule has 2 atom stereocenters. The Morgan fingerprint density at radius 1 is 1.05 bits per heavy atom. The summed E-state index contributed by atoms with van der Waals surface area (Å²) in [6.45, 7) is 13.5. The van der Waals surface area contributed by atoms with E-state index in [1.807, 2.05) is 46.4 Å². The number of carbonyl (C=O) groups is 2. The number of anilines is 2. The van der Waals surface area contributed by atoms with E-state index in [0.29, 0.717) is 43.2 Å². The van der Waals surface area contributed by atoms with Gasteiger partial charge in [-0.05, 0) is 59.9 Å². The second-order valence-corrected chi connectivity index (χ2v) is 13.2. The number of amides is 2. The Morgan fingerprint density at radius 3 is 2.33 bits per heavy atom. The van der Waals surface area contributed by atoms with Crippen LogP contribution in [0.2, 0.25) is 0 Å². The van der Waals surface area contributed by atoms with E-state index in [4.69, 9.17) is 9.72 Å². The topological polar surface area (TPSA) is 78.9 Å². The number of likely N-dealkylation sites (tertiary alicyclic amines) is 1. The highest BCUT2D eigenvalue weighted by molar-refractivity contribution is 7.09. The maximum absolute atomic E-state index is 13.6. The monoisotopic (exact) mass is 559 g/mol. The van der Waals surface area contributed by atoms with Gasteiger partial charge in [0.2, 0.25) is 0 Å². The molecular formula is C31H37N5O3S. The number of aryl methyl sites for hydroxylation is 1. The second-order valence-electron chi connectivity index (χ2n) is 12.2. The van der Waals surface area contributed by atoms with Crippen LogP contribution in [0.4, 0.5) is 11.5 Å². The van der Waals surface area contributed by atoms with Crippen molar-refractivity contribution in [3.05, 3.63) is 69.8 Å². The fourth-order valence-corrected chi connectivity index (χ4v) is 6.60. The average Bonchev–Trinajstić information content (AvgIpc) is 3.26. The Kier molecular flexibility index (Phi) is 7.12. The minimum absolute atomic E-state index is 0.0585. The number of rotatable bonds is 6. The molecule has 1 aromatic carbocycles. The summed E-state index contributed by atoms with van der Waals surface area (Å²) in [4.78, 5) is 42.0. The number of carbonyl (C=O) groups excluding carboxylic acids is 2. The molecule has 2 aliphatic heterocycles. The fourth-order valence-electron chi connectivity index (χ4n) is 6.02. The zero-order chi connectivity index (χ0) is 28.0. The van der Waals surface area contributed by atoms with Crippen LogP contribution in [0.5, 0.6) is 0 Å². The van der Waals surface area contributed by atoms with Crippen molar-refractivity contribution in [2.75, 3.05) is 55.7 Å².